The average molecular weight is 195 g/mol. The molecule has 1 aromatic rings. The first-order valence-corrected chi connectivity index (χ1v) is 4.65. The van der Waals surface area contributed by atoms with Crippen LogP contribution in [0.2, 0.25) is 0 Å². The first kappa shape index (κ1) is 10.9. The Balaban J connectivity index is 2.67. The van der Waals surface area contributed by atoms with Gasteiger partial charge in [-0.1, -0.05) is 6.07 Å². The van der Waals surface area contributed by atoms with Gasteiger partial charge in [-0.25, -0.2) is 0 Å². The second-order valence-corrected chi connectivity index (χ2v) is 3.12. The normalized spacial score (nSPS) is 9.93. The standard InChI is InChI=1S/C11H17NO2/c1-9-4-5-11(14-3)10(8-9)12-6-7-13-2/h4-5,8,12H,6-7H2,1-3H3. The van der Waals surface area contributed by atoms with Crippen molar-refractivity contribution in [2.75, 3.05) is 32.7 Å². The molecule has 0 heterocycles. The molecule has 0 atom stereocenters. The summed E-state index contributed by atoms with van der Waals surface area (Å²) in [4.78, 5) is 0. The predicted molar refractivity (Wildman–Crippen MR) is 58.1 cm³/mol. The van der Waals surface area contributed by atoms with Gasteiger partial charge in [0.15, 0.2) is 0 Å². The van der Waals surface area contributed by atoms with E-state index in [0.29, 0.717) is 6.61 Å². The maximum atomic E-state index is 5.23. The van der Waals surface area contributed by atoms with Gasteiger partial charge < -0.3 is 14.8 Å². The van der Waals surface area contributed by atoms with Gasteiger partial charge >= 0.3 is 0 Å². The van der Waals surface area contributed by atoms with Crippen molar-refractivity contribution in [3.05, 3.63) is 23.8 Å². The van der Waals surface area contributed by atoms with E-state index in [1.807, 2.05) is 12.1 Å². The molecule has 0 fully saturated rings. The van der Waals surface area contributed by atoms with Gasteiger partial charge in [-0.2, -0.15) is 0 Å². The lowest BCUT2D eigenvalue weighted by atomic mass is 10.2. The third-order valence-electron chi connectivity index (χ3n) is 1.98. The zero-order valence-electron chi connectivity index (χ0n) is 8.96. The summed E-state index contributed by atoms with van der Waals surface area (Å²) in [7, 11) is 3.36. The van der Waals surface area contributed by atoms with Gasteiger partial charge in [-0.15, -0.1) is 0 Å². The van der Waals surface area contributed by atoms with Gasteiger partial charge in [-0.3, -0.25) is 0 Å². The number of nitrogens with one attached hydrogen (secondary N) is 1. The second kappa shape index (κ2) is 5.50. The fourth-order valence-electron chi connectivity index (χ4n) is 1.25. The van der Waals surface area contributed by atoms with E-state index < -0.39 is 0 Å². The molecule has 78 valence electrons. The molecule has 0 aliphatic carbocycles. The van der Waals surface area contributed by atoms with Crippen LogP contribution in [0.1, 0.15) is 5.56 Å². The van der Waals surface area contributed by atoms with Gasteiger partial charge in [0, 0.05) is 13.7 Å². The van der Waals surface area contributed by atoms with Crippen LogP contribution in [0.15, 0.2) is 18.2 Å². The third kappa shape index (κ3) is 2.92. The molecule has 0 radical (unpaired) electrons. The smallest absolute Gasteiger partial charge is 0.141 e. The van der Waals surface area contributed by atoms with E-state index in [2.05, 4.69) is 18.3 Å². The van der Waals surface area contributed by atoms with Crippen LogP contribution in [0.25, 0.3) is 0 Å². The summed E-state index contributed by atoms with van der Waals surface area (Å²) in [6, 6.07) is 6.05. The minimum absolute atomic E-state index is 0.692. The lowest BCUT2D eigenvalue weighted by molar-refractivity contribution is 0.210. The van der Waals surface area contributed by atoms with Gasteiger partial charge in [0.2, 0.25) is 0 Å². The Bertz CT molecular complexity index is 287. The summed E-state index contributed by atoms with van der Waals surface area (Å²) >= 11 is 0. The minimum Gasteiger partial charge on any atom is -0.495 e. The molecule has 0 aliphatic rings. The Kier molecular flexibility index (Phi) is 4.26. The number of rotatable bonds is 5. The third-order valence-corrected chi connectivity index (χ3v) is 1.98. The fourth-order valence-corrected chi connectivity index (χ4v) is 1.25. The predicted octanol–water partition coefficient (Wildman–Crippen LogP) is 2.06. The van der Waals surface area contributed by atoms with Gasteiger partial charge in [0.1, 0.15) is 5.75 Å². The van der Waals surface area contributed by atoms with E-state index in [1.165, 1.54) is 5.56 Å². The van der Waals surface area contributed by atoms with Gasteiger partial charge in [0.25, 0.3) is 0 Å². The maximum Gasteiger partial charge on any atom is 0.141 e. The zero-order valence-corrected chi connectivity index (χ0v) is 8.96. The van der Waals surface area contributed by atoms with Crippen molar-refractivity contribution < 1.29 is 9.47 Å². The molecule has 0 spiro atoms. The fraction of sp³-hybridized carbons (Fsp3) is 0.455. The number of benzene rings is 1. The van der Waals surface area contributed by atoms with Crippen molar-refractivity contribution >= 4 is 5.69 Å². The zero-order chi connectivity index (χ0) is 10.4. The Hall–Kier alpha value is -1.22. The second-order valence-electron chi connectivity index (χ2n) is 3.12. The lowest BCUT2D eigenvalue weighted by Crippen LogP contribution is -2.08. The molecule has 14 heavy (non-hydrogen) atoms. The van der Waals surface area contributed by atoms with E-state index in [1.54, 1.807) is 14.2 Å². The van der Waals surface area contributed by atoms with E-state index in [9.17, 15) is 0 Å². The first-order chi connectivity index (χ1) is 6.77. The van der Waals surface area contributed by atoms with Crippen LogP contribution in [0, 0.1) is 6.92 Å². The topological polar surface area (TPSA) is 30.5 Å². The summed E-state index contributed by atoms with van der Waals surface area (Å²) in [5.74, 6) is 0.867. The Labute approximate surface area is 85.0 Å². The SMILES string of the molecule is COCCNc1cc(C)ccc1OC. The average Bonchev–Trinajstić information content (AvgIpc) is 2.19. The quantitative estimate of drug-likeness (QED) is 0.729. The summed E-state index contributed by atoms with van der Waals surface area (Å²) in [6.45, 7) is 3.54. The van der Waals surface area contributed by atoms with Crippen molar-refractivity contribution in [1.29, 1.82) is 0 Å². The Morgan fingerprint density at radius 2 is 2.07 bits per heavy atom. The molecule has 0 amide bonds. The molecule has 0 saturated carbocycles. The Morgan fingerprint density at radius 1 is 1.29 bits per heavy atom. The summed E-state index contributed by atoms with van der Waals surface area (Å²) < 4.78 is 10.2. The molecule has 0 aromatic heterocycles. The Morgan fingerprint density at radius 3 is 2.71 bits per heavy atom. The van der Waals surface area contributed by atoms with Crippen LogP contribution in [0.4, 0.5) is 5.69 Å². The van der Waals surface area contributed by atoms with Crippen molar-refractivity contribution in [3.63, 3.8) is 0 Å². The highest BCUT2D eigenvalue weighted by Crippen LogP contribution is 2.24. The molecule has 1 N–H and O–H groups in total. The van der Waals surface area contributed by atoms with Crippen LogP contribution < -0.4 is 10.1 Å². The van der Waals surface area contributed by atoms with E-state index in [0.717, 1.165) is 18.0 Å². The monoisotopic (exact) mass is 195 g/mol. The number of aryl methyl sites for hydroxylation is 1. The molecule has 0 bridgehead atoms. The van der Waals surface area contributed by atoms with Crippen LogP contribution in [0.5, 0.6) is 5.75 Å². The number of ether oxygens (including phenoxy) is 2. The number of methoxy groups -OCH3 is 2. The van der Waals surface area contributed by atoms with E-state index in [-0.39, 0.29) is 0 Å². The molecule has 1 rings (SSSR count). The van der Waals surface area contributed by atoms with Crippen LogP contribution in [-0.2, 0) is 4.74 Å². The highest BCUT2D eigenvalue weighted by atomic mass is 16.5. The minimum atomic E-state index is 0.692. The van der Waals surface area contributed by atoms with Crippen molar-refractivity contribution in [3.8, 4) is 5.75 Å². The summed E-state index contributed by atoms with van der Waals surface area (Å²) in [5, 5.41) is 3.26. The molecular formula is C11H17NO2. The largest absolute Gasteiger partial charge is 0.495 e. The summed E-state index contributed by atoms with van der Waals surface area (Å²) in [6.07, 6.45) is 0. The maximum absolute atomic E-state index is 5.23. The molecule has 0 aliphatic heterocycles. The number of hydrogen-bond acceptors (Lipinski definition) is 3. The summed E-state index contributed by atoms with van der Waals surface area (Å²) in [5.41, 5.74) is 2.23. The highest BCUT2D eigenvalue weighted by molar-refractivity contribution is 5.57. The molecular weight excluding hydrogens is 178 g/mol. The number of anilines is 1. The molecule has 3 heteroatoms. The van der Waals surface area contributed by atoms with E-state index in [4.69, 9.17) is 9.47 Å². The molecule has 0 saturated heterocycles. The molecule has 1 aromatic carbocycles. The lowest BCUT2D eigenvalue weighted by Gasteiger charge is -2.11. The van der Waals surface area contributed by atoms with Gasteiger partial charge in [-0.05, 0) is 24.6 Å². The highest BCUT2D eigenvalue weighted by Gasteiger charge is 2.01. The molecule has 3 nitrogen and oxygen atoms in total. The van der Waals surface area contributed by atoms with E-state index >= 15 is 0 Å². The number of hydrogen-bond donors (Lipinski definition) is 1. The van der Waals surface area contributed by atoms with Gasteiger partial charge in [0.05, 0.1) is 19.4 Å². The van der Waals surface area contributed by atoms with Crippen LogP contribution >= 0.6 is 0 Å². The van der Waals surface area contributed by atoms with Crippen LogP contribution in [0.3, 0.4) is 0 Å². The first-order valence-electron chi connectivity index (χ1n) is 4.65. The van der Waals surface area contributed by atoms with Crippen molar-refractivity contribution in [2.24, 2.45) is 0 Å². The van der Waals surface area contributed by atoms with Crippen LogP contribution in [-0.4, -0.2) is 27.4 Å². The van der Waals surface area contributed by atoms with Crippen molar-refractivity contribution in [1.82, 2.24) is 0 Å². The van der Waals surface area contributed by atoms with Crippen molar-refractivity contribution in [2.45, 2.75) is 6.92 Å². The molecule has 0 unspecified atom stereocenters.